The lowest BCUT2D eigenvalue weighted by atomic mass is 10.1. The van der Waals surface area contributed by atoms with E-state index in [4.69, 9.17) is 0 Å². The van der Waals surface area contributed by atoms with Gasteiger partial charge in [0.1, 0.15) is 0 Å². The van der Waals surface area contributed by atoms with Crippen molar-refractivity contribution in [3.05, 3.63) is 40.5 Å². The van der Waals surface area contributed by atoms with Crippen molar-refractivity contribution in [3.8, 4) is 10.4 Å². The Morgan fingerprint density at radius 3 is 2.50 bits per heavy atom. The smallest absolute Gasteiger partial charge is 0.0903 e. The summed E-state index contributed by atoms with van der Waals surface area (Å²) in [5.74, 6) is 0. The van der Waals surface area contributed by atoms with Crippen LogP contribution >= 0.6 is 11.3 Å². The molecule has 2 aromatic rings. The van der Waals surface area contributed by atoms with E-state index in [9.17, 15) is 0 Å². The van der Waals surface area contributed by atoms with Crippen molar-refractivity contribution in [3.63, 3.8) is 0 Å². The maximum Gasteiger partial charge on any atom is 0.0903 e. The van der Waals surface area contributed by atoms with Crippen LogP contribution in [-0.4, -0.2) is 4.98 Å². The number of aromatic nitrogens is 1. The van der Waals surface area contributed by atoms with Crippen LogP contribution in [0.4, 0.5) is 0 Å². The molecule has 0 aliphatic heterocycles. The minimum atomic E-state index is 1.14. The van der Waals surface area contributed by atoms with Crippen molar-refractivity contribution in [2.24, 2.45) is 0 Å². The Balaban J connectivity index is 2.54. The van der Waals surface area contributed by atoms with Gasteiger partial charge in [0.2, 0.25) is 0 Å². The van der Waals surface area contributed by atoms with Crippen LogP contribution in [0.1, 0.15) is 16.3 Å². The predicted molar refractivity (Wildman–Crippen MR) is 61.8 cm³/mol. The normalized spacial score (nSPS) is 10.5. The van der Waals surface area contributed by atoms with Gasteiger partial charge in [-0.2, -0.15) is 0 Å². The lowest BCUT2D eigenvalue weighted by Crippen LogP contribution is -1.79. The molecule has 1 aromatic heterocycles. The highest BCUT2D eigenvalue weighted by molar-refractivity contribution is 7.15. The monoisotopic (exact) mass is 203 g/mol. The van der Waals surface area contributed by atoms with E-state index < -0.39 is 0 Å². The SMILES string of the molecule is Cc1cccc(-c2sc(C)nc2C)c1. The van der Waals surface area contributed by atoms with Crippen molar-refractivity contribution in [2.45, 2.75) is 20.8 Å². The molecule has 14 heavy (non-hydrogen) atoms. The van der Waals surface area contributed by atoms with Crippen LogP contribution in [0, 0.1) is 20.8 Å². The Kier molecular flexibility index (Phi) is 2.38. The summed E-state index contributed by atoms with van der Waals surface area (Å²) in [5.41, 5.74) is 3.72. The molecule has 1 nitrogen and oxygen atoms in total. The first-order valence-corrected chi connectivity index (χ1v) is 5.49. The number of hydrogen-bond acceptors (Lipinski definition) is 2. The fourth-order valence-corrected chi connectivity index (χ4v) is 2.50. The summed E-state index contributed by atoms with van der Waals surface area (Å²) in [5, 5.41) is 1.14. The molecule has 0 N–H and O–H groups in total. The number of hydrogen-bond donors (Lipinski definition) is 0. The van der Waals surface area contributed by atoms with Gasteiger partial charge in [0.05, 0.1) is 15.6 Å². The van der Waals surface area contributed by atoms with Gasteiger partial charge < -0.3 is 0 Å². The molecule has 1 heterocycles. The first-order chi connectivity index (χ1) is 6.66. The molecule has 0 bridgehead atoms. The highest BCUT2D eigenvalue weighted by Crippen LogP contribution is 2.29. The van der Waals surface area contributed by atoms with Crippen LogP contribution in [-0.2, 0) is 0 Å². The Bertz CT molecular complexity index is 457. The van der Waals surface area contributed by atoms with Gasteiger partial charge in [-0.1, -0.05) is 29.8 Å². The van der Waals surface area contributed by atoms with Gasteiger partial charge in [-0.3, -0.25) is 0 Å². The van der Waals surface area contributed by atoms with Crippen LogP contribution in [0.5, 0.6) is 0 Å². The zero-order valence-electron chi connectivity index (χ0n) is 8.66. The number of aryl methyl sites for hydroxylation is 3. The van der Waals surface area contributed by atoms with Gasteiger partial charge in [0, 0.05) is 0 Å². The van der Waals surface area contributed by atoms with E-state index in [1.807, 2.05) is 0 Å². The van der Waals surface area contributed by atoms with Crippen molar-refractivity contribution in [2.75, 3.05) is 0 Å². The Morgan fingerprint density at radius 2 is 1.93 bits per heavy atom. The zero-order valence-corrected chi connectivity index (χ0v) is 9.48. The Hall–Kier alpha value is -1.15. The van der Waals surface area contributed by atoms with Crippen molar-refractivity contribution in [1.29, 1.82) is 0 Å². The number of benzene rings is 1. The first kappa shape index (κ1) is 9.41. The van der Waals surface area contributed by atoms with E-state index in [1.54, 1.807) is 11.3 Å². The van der Waals surface area contributed by atoms with Crippen LogP contribution < -0.4 is 0 Å². The average molecular weight is 203 g/mol. The predicted octanol–water partition coefficient (Wildman–Crippen LogP) is 3.74. The third-order valence-electron chi connectivity index (χ3n) is 2.18. The molecular formula is C12H13NS. The van der Waals surface area contributed by atoms with Gasteiger partial charge in [0.25, 0.3) is 0 Å². The summed E-state index contributed by atoms with van der Waals surface area (Å²) in [6.07, 6.45) is 0. The van der Waals surface area contributed by atoms with E-state index in [0.29, 0.717) is 0 Å². The maximum atomic E-state index is 4.44. The molecular weight excluding hydrogens is 190 g/mol. The number of nitrogens with zero attached hydrogens (tertiary/aromatic N) is 1. The summed E-state index contributed by atoms with van der Waals surface area (Å²) >= 11 is 1.77. The summed E-state index contributed by atoms with van der Waals surface area (Å²) in [4.78, 5) is 5.73. The van der Waals surface area contributed by atoms with E-state index in [2.05, 4.69) is 50.0 Å². The Morgan fingerprint density at radius 1 is 1.14 bits per heavy atom. The molecule has 0 aliphatic rings. The van der Waals surface area contributed by atoms with E-state index in [0.717, 1.165) is 10.7 Å². The van der Waals surface area contributed by atoms with Gasteiger partial charge in [-0.15, -0.1) is 11.3 Å². The van der Waals surface area contributed by atoms with Crippen LogP contribution in [0.25, 0.3) is 10.4 Å². The van der Waals surface area contributed by atoms with Gasteiger partial charge in [-0.05, 0) is 26.3 Å². The second-order valence-corrected chi connectivity index (χ2v) is 4.72. The fraction of sp³-hybridized carbons (Fsp3) is 0.250. The van der Waals surface area contributed by atoms with Crippen molar-refractivity contribution >= 4 is 11.3 Å². The number of rotatable bonds is 1. The molecule has 2 heteroatoms. The topological polar surface area (TPSA) is 12.9 Å². The molecule has 0 amide bonds. The quantitative estimate of drug-likeness (QED) is 0.688. The number of thiazole rings is 1. The van der Waals surface area contributed by atoms with Gasteiger partial charge in [-0.25, -0.2) is 4.98 Å². The molecule has 0 radical (unpaired) electrons. The van der Waals surface area contributed by atoms with Crippen LogP contribution in [0.15, 0.2) is 24.3 Å². The summed E-state index contributed by atoms with van der Waals surface area (Å²) in [6, 6.07) is 8.57. The third kappa shape index (κ3) is 1.70. The molecule has 0 atom stereocenters. The lowest BCUT2D eigenvalue weighted by Gasteiger charge is -1.99. The van der Waals surface area contributed by atoms with E-state index in [-0.39, 0.29) is 0 Å². The minimum Gasteiger partial charge on any atom is -0.246 e. The highest BCUT2D eigenvalue weighted by Gasteiger charge is 2.06. The maximum absolute atomic E-state index is 4.44. The summed E-state index contributed by atoms with van der Waals surface area (Å²) in [6.45, 7) is 6.24. The molecule has 0 saturated carbocycles. The highest BCUT2D eigenvalue weighted by atomic mass is 32.1. The van der Waals surface area contributed by atoms with E-state index >= 15 is 0 Å². The zero-order chi connectivity index (χ0) is 10.1. The molecule has 1 aromatic carbocycles. The van der Waals surface area contributed by atoms with Crippen LogP contribution in [0.2, 0.25) is 0 Å². The summed E-state index contributed by atoms with van der Waals surface area (Å²) in [7, 11) is 0. The molecule has 0 aliphatic carbocycles. The second-order valence-electron chi connectivity index (χ2n) is 3.52. The molecule has 0 spiro atoms. The van der Waals surface area contributed by atoms with Crippen molar-refractivity contribution in [1.82, 2.24) is 4.98 Å². The van der Waals surface area contributed by atoms with Crippen molar-refractivity contribution < 1.29 is 0 Å². The summed E-state index contributed by atoms with van der Waals surface area (Å²) < 4.78 is 0. The third-order valence-corrected chi connectivity index (χ3v) is 3.31. The fourth-order valence-electron chi connectivity index (χ4n) is 1.59. The second kappa shape index (κ2) is 3.54. The molecule has 0 saturated heterocycles. The molecule has 72 valence electrons. The van der Waals surface area contributed by atoms with Crippen LogP contribution in [0.3, 0.4) is 0 Å². The van der Waals surface area contributed by atoms with Gasteiger partial charge in [0.15, 0.2) is 0 Å². The Labute approximate surface area is 88.4 Å². The lowest BCUT2D eigenvalue weighted by molar-refractivity contribution is 1.20. The van der Waals surface area contributed by atoms with Gasteiger partial charge >= 0.3 is 0 Å². The van der Waals surface area contributed by atoms with E-state index in [1.165, 1.54) is 16.0 Å². The molecule has 0 unspecified atom stereocenters. The largest absolute Gasteiger partial charge is 0.246 e. The minimum absolute atomic E-state index is 1.14. The molecule has 2 rings (SSSR count). The first-order valence-electron chi connectivity index (χ1n) is 4.68. The standard InChI is InChI=1S/C12H13NS/c1-8-5-4-6-11(7-8)12-9(2)13-10(3)14-12/h4-7H,1-3H3. The molecule has 0 fully saturated rings. The average Bonchev–Trinajstić information content (AvgIpc) is 2.45.